The summed E-state index contributed by atoms with van der Waals surface area (Å²) in [6.45, 7) is 0. The first-order valence-corrected chi connectivity index (χ1v) is 17.5. The molecule has 10 rings (SSSR count). The number of fused-ring (bicyclic) bond motifs is 5. The third kappa shape index (κ3) is 4.94. The van der Waals surface area contributed by atoms with Crippen LogP contribution in [0.5, 0.6) is 0 Å². The topological polar surface area (TPSA) is 13.1 Å². The van der Waals surface area contributed by atoms with Gasteiger partial charge in [0, 0.05) is 16.3 Å². The van der Waals surface area contributed by atoms with Crippen molar-refractivity contribution in [1.29, 1.82) is 0 Å². The molecule has 0 aliphatic carbocycles. The minimum absolute atomic E-state index is 0.906. The maximum atomic E-state index is 6.55. The predicted octanol–water partition coefficient (Wildman–Crippen LogP) is 14.2. The molecule has 238 valence electrons. The van der Waals surface area contributed by atoms with Crippen molar-refractivity contribution in [3.63, 3.8) is 0 Å². The van der Waals surface area contributed by atoms with E-state index >= 15 is 0 Å². The number of furan rings is 1. The molecule has 0 atom stereocenters. The van der Waals surface area contributed by atoms with Crippen molar-refractivity contribution >= 4 is 43.5 Å². The van der Waals surface area contributed by atoms with Crippen LogP contribution in [0.2, 0.25) is 0 Å². The smallest absolute Gasteiger partial charge is 0.143 e. The summed E-state index contributed by atoms with van der Waals surface area (Å²) in [6, 6.07) is 70.0. The fraction of sp³-hybridized carbons (Fsp3) is 0. The predicted molar refractivity (Wildman–Crippen MR) is 216 cm³/mol. The van der Waals surface area contributed by atoms with Gasteiger partial charge in [-0.3, -0.25) is 0 Å². The van der Waals surface area contributed by atoms with Gasteiger partial charge in [-0.05, 0) is 102 Å². The number of hydrogen-bond acceptors (Lipinski definition) is 1. The van der Waals surface area contributed by atoms with Gasteiger partial charge in [-0.25, -0.2) is 0 Å². The van der Waals surface area contributed by atoms with E-state index < -0.39 is 0 Å². The van der Waals surface area contributed by atoms with Gasteiger partial charge in [0.2, 0.25) is 0 Å². The molecule has 1 heteroatoms. The Kier molecular flexibility index (Phi) is 6.89. The minimum Gasteiger partial charge on any atom is -0.455 e. The molecule has 0 bridgehead atoms. The van der Waals surface area contributed by atoms with Gasteiger partial charge >= 0.3 is 0 Å². The Morgan fingerprint density at radius 3 is 1.41 bits per heavy atom. The molecule has 0 saturated heterocycles. The second-order valence-corrected chi connectivity index (χ2v) is 13.2. The number of benzene rings is 9. The molecular weight excluding hydrogens is 617 g/mol. The maximum absolute atomic E-state index is 6.55. The highest BCUT2D eigenvalue weighted by molar-refractivity contribution is 6.22. The zero-order valence-corrected chi connectivity index (χ0v) is 27.9. The zero-order chi connectivity index (χ0) is 33.7. The highest BCUT2D eigenvalue weighted by Crippen LogP contribution is 2.46. The lowest BCUT2D eigenvalue weighted by molar-refractivity contribution is 0.670. The highest BCUT2D eigenvalue weighted by atomic mass is 16.3. The van der Waals surface area contributed by atoms with Crippen molar-refractivity contribution in [1.82, 2.24) is 0 Å². The van der Waals surface area contributed by atoms with E-state index in [0.717, 1.165) is 38.6 Å². The molecule has 0 N–H and O–H groups in total. The lowest BCUT2D eigenvalue weighted by atomic mass is 9.84. The first-order chi connectivity index (χ1) is 25.3. The Hall–Kier alpha value is -6.70. The molecule has 1 aromatic heterocycles. The molecule has 9 aromatic carbocycles. The normalized spacial score (nSPS) is 11.5. The minimum atomic E-state index is 0.906. The molecule has 0 radical (unpaired) electrons. The summed E-state index contributed by atoms with van der Waals surface area (Å²) in [5.41, 5.74) is 13.7. The molecule has 51 heavy (non-hydrogen) atoms. The molecule has 0 saturated carbocycles. The number of para-hydroxylation sites is 2. The summed E-state index contributed by atoms with van der Waals surface area (Å²) in [4.78, 5) is 0. The monoisotopic (exact) mass is 648 g/mol. The molecular formula is C50H32O. The Bertz CT molecular complexity index is 2880. The van der Waals surface area contributed by atoms with Gasteiger partial charge in [-0.2, -0.15) is 0 Å². The quantitative estimate of drug-likeness (QED) is 0.169. The van der Waals surface area contributed by atoms with Crippen LogP contribution in [0.25, 0.3) is 99.1 Å². The molecule has 0 unspecified atom stereocenters. The first-order valence-electron chi connectivity index (χ1n) is 17.5. The SMILES string of the molecule is c1ccc(-c2cc(-c3ccc4c(-c5ccccc5)c5ccccc5c(-c5ccccc5)c4c3)cc(-c3cccc4c3oc3ccccc34)c2)cc1. The van der Waals surface area contributed by atoms with Gasteiger partial charge in [0.15, 0.2) is 0 Å². The van der Waals surface area contributed by atoms with E-state index in [4.69, 9.17) is 4.42 Å². The van der Waals surface area contributed by atoms with Crippen LogP contribution in [0, 0.1) is 0 Å². The van der Waals surface area contributed by atoms with Gasteiger partial charge in [-0.1, -0.05) is 164 Å². The van der Waals surface area contributed by atoms with E-state index in [9.17, 15) is 0 Å². The van der Waals surface area contributed by atoms with E-state index in [0.29, 0.717) is 0 Å². The molecule has 0 fully saturated rings. The van der Waals surface area contributed by atoms with Crippen LogP contribution >= 0.6 is 0 Å². The van der Waals surface area contributed by atoms with E-state index in [1.54, 1.807) is 0 Å². The van der Waals surface area contributed by atoms with Gasteiger partial charge < -0.3 is 4.42 Å². The van der Waals surface area contributed by atoms with Crippen LogP contribution < -0.4 is 0 Å². The van der Waals surface area contributed by atoms with Crippen molar-refractivity contribution < 1.29 is 4.42 Å². The third-order valence-electron chi connectivity index (χ3n) is 10.2. The molecule has 0 aliphatic heterocycles. The van der Waals surface area contributed by atoms with Crippen LogP contribution in [0.1, 0.15) is 0 Å². The summed E-state index contributed by atoms with van der Waals surface area (Å²) in [6.07, 6.45) is 0. The highest BCUT2D eigenvalue weighted by Gasteiger charge is 2.19. The van der Waals surface area contributed by atoms with Crippen molar-refractivity contribution in [2.24, 2.45) is 0 Å². The first kappa shape index (κ1) is 29.2. The summed E-state index contributed by atoms with van der Waals surface area (Å²) in [5, 5.41) is 7.26. The molecule has 1 nitrogen and oxygen atoms in total. The Labute approximate surface area is 296 Å². The van der Waals surface area contributed by atoms with Crippen molar-refractivity contribution in [3.8, 4) is 55.6 Å². The van der Waals surface area contributed by atoms with Gasteiger partial charge in [0.25, 0.3) is 0 Å². The van der Waals surface area contributed by atoms with E-state index in [1.165, 1.54) is 60.5 Å². The second-order valence-electron chi connectivity index (χ2n) is 13.2. The van der Waals surface area contributed by atoms with Crippen LogP contribution in [-0.4, -0.2) is 0 Å². The van der Waals surface area contributed by atoms with E-state index in [2.05, 4.69) is 188 Å². The van der Waals surface area contributed by atoms with E-state index in [-0.39, 0.29) is 0 Å². The molecule has 1 heterocycles. The van der Waals surface area contributed by atoms with Gasteiger partial charge in [0.1, 0.15) is 11.2 Å². The van der Waals surface area contributed by atoms with Crippen LogP contribution in [-0.2, 0) is 0 Å². The average molecular weight is 649 g/mol. The Morgan fingerprint density at radius 1 is 0.255 bits per heavy atom. The lowest BCUT2D eigenvalue weighted by Crippen LogP contribution is -1.92. The van der Waals surface area contributed by atoms with Crippen LogP contribution in [0.15, 0.2) is 199 Å². The summed E-state index contributed by atoms with van der Waals surface area (Å²) in [7, 11) is 0. The van der Waals surface area contributed by atoms with Crippen molar-refractivity contribution in [2.75, 3.05) is 0 Å². The molecule has 0 amide bonds. The lowest BCUT2D eigenvalue weighted by Gasteiger charge is -2.19. The average Bonchev–Trinajstić information content (AvgIpc) is 3.59. The second kappa shape index (κ2) is 12.0. The largest absolute Gasteiger partial charge is 0.455 e. The fourth-order valence-corrected chi connectivity index (χ4v) is 7.91. The number of hydrogen-bond donors (Lipinski definition) is 0. The van der Waals surface area contributed by atoms with E-state index in [1.807, 2.05) is 6.07 Å². The third-order valence-corrected chi connectivity index (χ3v) is 10.2. The fourth-order valence-electron chi connectivity index (χ4n) is 7.91. The van der Waals surface area contributed by atoms with Crippen molar-refractivity contribution in [3.05, 3.63) is 194 Å². The van der Waals surface area contributed by atoms with Crippen LogP contribution in [0.3, 0.4) is 0 Å². The summed E-state index contributed by atoms with van der Waals surface area (Å²) >= 11 is 0. The van der Waals surface area contributed by atoms with Gasteiger partial charge in [-0.15, -0.1) is 0 Å². The zero-order valence-electron chi connectivity index (χ0n) is 27.9. The summed E-state index contributed by atoms with van der Waals surface area (Å²) in [5.74, 6) is 0. The van der Waals surface area contributed by atoms with Gasteiger partial charge in [0.05, 0.1) is 0 Å². The molecule has 10 aromatic rings. The molecule has 0 spiro atoms. The Balaban J connectivity index is 1.27. The van der Waals surface area contributed by atoms with Crippen LogP contribution in [0.4, 0.5) is 0 Å². The molecule has 0 aliphatic rings. The van der Waals surface area contributed by atoms with Crippen molar-refractivity contribution in [2.45, 2.75) is 0 Å². The maximum Gasteiger partial charge on any atom is 0.143 e. The number of rotatable bonds is 5. The Morgan fingerprint density at radius 2 is 0.745 bits per heavy atom. The summed E-state index contributed by atoms with van der Waals surface area (Å²) < 4.78 is 6.55. The standard InChI is InChI=1S/C50H32O/c1-4-15-33(16-5-1)37-29-38(31-39(30-37)40-24-14-25-45-41-21-12-13-26-47(41)51-50(40)45)36-27-28-44-46(32-36)49(35-19-8-3-9-20-35)43-23-11-10-22-42(43)48(44)34-17-6-2-7-18-34/h1-32H.